The molecule has 1 heterocycles. The Balaban J connectivity index is 1.94. The molecule has 1 aliphatic rings. The van der Waals surface area contributed by atoms with Crippen molar-refractivity contribution in [1.82, 2.24) is 0 Å². The van der Waals surface area contributed by atoms with Gasteiger partial charge in [0.2, 0.25) is 0 Å². The SMILES string of the molecule is N/C(CCOCC1CCCO1)=N\O. The van der Waals surface area contributed by atoms with Crippen molar-refractivity contribution in [2.24, 2.45) is 10.9 Å². The van der Waals surface area contributed by atoms with Crippen LogP contribution in [-0.4, -0.2) is 37.0 Å². The van der Waals surface area contributed by atoms with E-state index in [0.717, 1.165) is 19.4 Å². The first-order valence-electron chi connectivity index (χ1n) is 4.48. The molecule has 76 valence electrons. The lowest BCUT2D eigenvalue weighted by Crippen LogP contribution is -2.18. The Bertz CT molecular complexity index is 167. The van der Waals surface area contributed by atoms with E-state index in [2.05, 4.69) is 5.16 Å². The predicted molar refractivity (Wildman–Crippen MR) is 47.8 cm³/mol. The number of oxime groups is 1. The number of hydrogen-bond donors (Lipinski definition) is 2. The molecular weight excluding hydrogens is 172 g/mol. The highest BCUT2D eigenvalue weighted by Gasteiger charge is 2.14. The van der Waals surface area contributed by atoms with Crippen LogP contribution in [-0.2, 0) is 9.47 Å². The summed E-state index contributed by atoms with van der Waals surface area (Å²) in [5, 5.41) is 11.1. The molecule has 0 spiro atoms. The second-order valence-corrected chi connectivity index (χ2v) is 3.05. The summed E-state index contributed by atoms with van der Waals surface area (Å²) in [6, 6.07) is 0. The van der Waals surface area contributed by atoms with Crippen molar-refractivity contribution in [3.05, 3.63) is 0 Å². The van der Waals surface area contributed by atoms with E-state index in [1.807, 2.05) is 0 Å². The Labute approximate surface area is 77.5 Å². The number of amidine groups is 1. The smallest absolute Gasteiger partial charge is 0.141 e. The Hall–Kier alpha value is -0.810. The summed E-state index contributed by atoms with van der Waals surface area (Å²) in [5.41, 5.74) is 5.26. The highest BCUT2D eigenvalue weighted by Crippen LogP contribution is 2.11. The van der Waals surface area contributed by atoms with Gasteiger partial charge in [-0.3, -0.25) is 0 Å². The Morgan fingerprint density at radius 1 is 1.69 bits per heavy atom. The van der Waals surface area contributed by atoms with Crippen LogP contribution in [0.4, 0.5) is 0 Å². The first-order valence-corrected chi connectivity index (χ1v) is 4.48. The zero-order valence-corrected chi connectivity index (χ0v) is 7.61. The lowest BCUT2D eigenvalue weighted by molar-refractivity contribution is 0.0194. The van der Waals surface area contributed by atoms with Crippen LogP contribution in [0.1, 0.15) is 19.3 Å². The topological polar surface area (TPSA) is 77.1 Å². The largest absolute Gasteiger partial charge is 0.409 e. The monoisotopic (exact) mass is 188 g/mol. The molecule has 5 heteroatoms. The first-order chi connectivity index (χ1) is 6.33. The molecule has 0 aromatic rings. The third kappa shape index (κ3) is 4.10. The molecule has 1 aliphatic heterocycles. The zero-order chi connectivity index (χ0) is 9.52. The molecule has 0 bridgehead atoms. The number of rotatable bonds is 5. The summed E-state index contributed by atoms with van der Waals surface area (Å²) in [7, 11) is 0. The second kappa shape index (κ2) is 5.77. The van der Waals surface area contributed by atoms with Crippen LogP contribution in [0.15, 0.2) is 5.16 Å². The van der Waals surface area contributed by atoms with Crippen LogP contribution in [0.3, 0.4) is 0 Å². The second-order valence-electron chi connectivity index (χ2n) is 3.05. The van der Waals surface area contributed by atoms with Crippen molar-refractivity contribution < 1.29 is 14.7 Å². The van der Waals surface area contributed by atoms with Crippen molar-refractivity contribution in [3.8, 4) is 0 Å². The normalized spacial score (nSPS) is 23.7. The van der Waals surface area contributed by atoms with Gasteiger partial charge < -0.3 is 20.4 Å². The molecule has 1 unspecified atom stereocenters. The maximum Gasteiger partial charge on any atom is 0.141 e. The number of nitrogens with zero attached hydrogens (tertiary/aromatic N) is 1. The summed E-state index contributed by atoms with van der Waals surface area (Å²) >= 11 is 0. The Morgan fingerprint density at radius 2 is 2.54 bits per heavy atom. The van der Waals surface area contributed by atoms with Crippen molar-refractivity contribution in [1.29, 1.82) is 0 Å². The van der Waals surface area contributed by atoms with Crippen LogP contribution < -0.4 is 5.73 Å². The molecule has 5 nitrogen and oxygen atoms in total. The van der Waals surface area contributed by atoms with Crippen LogP contribution in [0, 0.1) is 0 Å². The van der Waals surface area contributed by atoms with E-state index in [0.29, 0.717) is 19.6 Å². The van der Waals surface area contributed by atoms with E-state index >= 15 is 0 Å². The zero-order valence-electron chi connectivity index (χ0n) is 7.61. The molecule has 0 radical (unpaired) electrons. The van der Waals surface area contributed by atoms with Gasteiger partial charge in [-0.05, 0) is 12.8 Å². The Morgan fingerprint density at radius 3 is 3.15 bits per heavy atom. The van der Waals surface area contributed by atoms with Crippen LogP contribution >= 0.6 is 0 Å². The molecule has 0 amide bonds. The summed E-state index contributed by atoms with van der Waals surface area (Å²) < 4.78 is 10.6. The number of ether oxygens (including phenoxy) is 2. The minimum absolute atomic E-state index is 0.201. The van der Waals surface area contributed by atoms with E-state index in [1.54, 1.807) is 0 Å². The molecule has 0 aromatic heterocycles. The summed E-state index contributed by atoms with van der Waals surface area (Å²) in [5.74, 6) is 0.201. The van der Waals surface area contributed by atoms with Crippen LogP contribution in [0.2, 0.25) is 0 Å². The summed E-state index contributed by atoms with van der Waals surface area (Å²) in [6.07, 6.45) is 2.90. The third-order valence-electron chi connectivity index (χ3n) is 1.96. The molecule has 1 atom stereocenters. The molecule has 1 rings (SSSR count). The highest BCUT2D eigenvalue weighted by molar-refractivity contribution is 5.79. The van der Waals surface area contributed by atoms with Gasteiger partial charge in [-0.25, -0.2) is 0 Å². The fourth-order valence-corrected chi connectivity index (χ4v) is 1.22. The third-order valence-corrected chi connectivity index (χ3v) is 1.96. The Kier molecular flexibility index (Phi) is 4.56. The van der Waals surface area contributed by atoms with Crippen molar-refractivity contribution >= 4 is 5.84 Å². The molecule has 0 aliphatic carbocycles. The lowest BCUT2D eigenvalue weighted by atomic mass is 10.2. The van der Waals surface area contributed by atoms with E-state index < -0.39 is 0 Å². The van der Waals surface area contributed by atoms with Gasteiger partial charge in [0.25, 0.3) is 0 Å². The average molecular weight is 188 g/mol. The lowest BCUT2D eigenvalue weighted by Gasteiger charge is -2.09. The maximum absolute atomic E-state index is 8.23. The van der Waals surface area contributed by atoms with E-state index in [4.69, 9.17) is 20.4 Å². The molecule has 13 heavy (non-hydrogen) atoms. The van der Waals surface area contributed by atoms with Crippen molar-refractivity contribution in [2.75, 3.05) is 19.8 Å². The highest BCUT2D eigenvalue weighted by atomic mass is 16.5. The standard InChI is InChI=1S/C8H16N2O3/c9-8(10-11)3-5-12-6-7-2-1-4-13-7/h7,11H,1-6H2,(H2,9,10). The number of nitrogens with two attached hydrogens (primary N) is 1. The van der Waals surface area contributed by atoms with Gasteiger partial charge in [-0.2, -0.15) is 0 Å². The maximum atomic E-state index is 8.23. The van der Waals surface area contributed by atoms with Crippen LogP contribution in [0.5, 0.6) is 0 Å². The van der Waals surface area contributed by atoms with E-state index in [-0.39, 0.29) is 11.9 Å². The molecule has 0 aromatic carbocycles. The molecular formula is C8H16N2O3. The minimum Gasteiger partial charge on any atom is -0.409 e. The molecule has 1 fully saturated rings. The first kappa shape index (κ1) is 10.3. The fraction of sp³-hybridized carbons (Fsp3) is 0.875. The summed E-state index contributed by atoms with van der Waals surface area (Å²) in [4.78, 5) is 0. The minimum atomic E-state index is 0.201. The predicted octanol–water partition coefficient (Wildman–Crippen LogP) is 0.318. The van der Waals surface area contributed by atoms with Crippen LogP contribution in [0.25, 0.3) is 0 Å². The molecule has 1 saturated heterocycles. The number of hydrogen-bond acceptors (Lipinski definition) is 4. The quantitative estimate of drug-likeness (QED) is 0.214. The van der Waals surface area contributed by atoms with Crippen molar-refractivity contribution in [2.45, 2.75) is 25.4 Å². The van der Waals surface area contributed by atoms with Crippen molar-refractivity contribution in [3.63, 3.8) is 0 Å². The van der Waals surface area contributed by atoms with Gasteiger partial charge in [0, 0.05) is 13.0 Å². The fourth-order valence-electron chi connectivity index (χ4n) is 1.22. The average Bonchev–Trinajstić information content (AvgIpc) is 2.64. The van der Waals surface area contributed by atoms with Gasteiger partial charge in [0.1, 0.15) is 5.84 Å². The molecule has 3 N–H and O–H groups in total. The van der Waals surface area contributed by atoms with Gasteiger partial charge in [0.15, 0.2) is 0 Å². The van der Waals surface area contributed by atoms with Gasteiger partial charge >= 0.3 is 0 Å². The van der Waals surface area contributed by atoms with Gasteiger partial charge in [-0.1, -0.05) is 5.16 Å². The van der Waals surface area contributed by atoms with E-state index in [9.17, 15) is 0 Å². The summed E-state index contributed by atoms with van der Waals surface area (Å²) in [6.45, 7) is 1.93. The van der Waals surface area contributed by atoms with Gasteiger partial charge in [-0.15, -0.1) is 0 Å². The van der Waals surface area contributed by atoms with E-state index in [1.165, 1.54) is 0 Å². The molecule has 0 saturated carbocycles. The van der Waals surface area contributed by atoms with Gasteiger partial charge in [0.05, 0.1) is 19.3 Å².